The summed E-state index contributed by atoms with van der Waals surface area (Å²) in [6.45, 7) is 0. The van der Waals surface area contributed by atoms with Gasteiger partial charge >= 0.3 is 0 Å². The Morgan fingerprint density at radius 3 is 3.06 bits per heavy atom. The third kappa shape index (κ3) is 3.18. The van der Waals surface area contributed by atoms with Crippen LogP contribution in [0, 0.1) is 0 Å². The van der Waals surface area contributed by atoms with E-state index in [1.165, 1.54) is 0 Å². The van der Waals surface area contributed by atoms with Crippen molar-refractivity contribution >= 4 is 0 Å². The molecule has 3 N–H and O–H groups in total. The number of aryl methyl sites for hydroxylation is 2. The van der Waals surface area contributed by atoms with E-state index in [9.17, 15) is 0 Å². The van der Waals surface area contributed by atoms with Crippen molar-refractivity contribution in [1.29, 1.82) is 0 Å². The smallest absolute Gasteiger partial charge is 0.109 e. The van der Waals surface area contributed by atoms with E-state index < -0.39 is 0 Å². The molecule has 2 heterocycles. The van der Waals surface area contributed by atoms with Gasteiger partial charge in [0, 0.05) is 38.3 Å². The number of nitrogens with two attached hydrogens (primary N) is 1. The molecule has 1 atom stereocenters. The van der Waals surface area contributed by atoms with Gasteiger partial charge in [-0.15, -0.1) is 0 Å². The Bertz CT molecular complexity index is 435. The lowest BCUT2D eigenvalue weighted by molar-refractivity contribution is 0.440. The second kappa shape index (κ2) is 5.65. The molecule has 92 valence electrons. The van der Waals surface area contributed by atoms with Gasteiger partial charge in [-0.3, -0.25) is 11.3 Å². The van der Waals surface area contributed by atoms with E-state index >= 15 is 0 Å². The van der Waals surface area contributed by atoms with E-state index in [0.717, 1.165) is 30.8 Å². The zero-order valence-corrected chi connectivity index (χ0v) is 9.97. The van der Waals surface area contributed by atoms with Crippen LogP contribution in [0.4, 0.5) is 0 Å². The first-order valence-corrected chi connectivity index (χ1v) is 5.74. The average Bonchev–Trinajstić information content (AvgIpc) is 2.96. The van der Waals surface area contributed by atoms with Crippen LogP contribution in [-0.2, 0) is 19.9 Å². The Morgan fingerprint density at radius 2 is 2.47 bits per heavy atom. The van der Waals surface area contributed by atoms with Crippen molar-refractivity contribution in [3.05, 3.63) is 42.4 Å². The highest BCUT2D eigenvalue weighted by Gasteiger charge is 2.11. The molecule has 0 aliphatic carbocycles. The quantitative estimate of drug-likeness (QED) is 0.578. The summed E-state index contributed by atoms with van der Waals surface area (Å²) >= 11 is 0. The fourth-order valence-corrected chi connectivity index (χ4v) is 1.83. The Kier molecular flexibility index (Phi) is 3.95. The number of hydrazine groups is 1. The zero-order chi connectivity index (χ0) is 12.1. The number of nitrogens with zero attached hydrogens (tertiary/aromatic N) is 2. The van der Waals surface area contributed by atoms with Crippen LogP contribution in [0.3, 0.4) is 0 Å². The Balaban J connectivity index is 1.87. The maximum atomic E-state index is 5.56. The van der Waals surface area contributed by atoms with Crippen LogP contribution in [0.2, 0.25) is 0 Å². The summed E-state index contributed by atoms with van der Waals surface area (Å²) in [7, 11) is 1.99. The number of hydrogen-bond acceptors (Lipinski definition) is 4. The lowest BCUT2D eigenvalue weighted by Crippen LogP contribution is -2.37. The van der Waals surface area contributed by atoms with E-state index in [4.69, 9.17) is 10.3 Å². The van der Waals surface area contributed by atoms with Gasteiger partial charge in [0.2, 0.25) is 0 Å². The van der Waals surface area contributed by atoms with Gasteiger partial charge in [0.25, 0.3) is 0 Å². The van der Waals surface area contributed by atoms with Gasteiger partial charge < -0.3 is 8.98 Å². The van der Waals surface area contributed by atoms with Crippen molar-refractivity contribution in [2.24, 2.45) is 12.9 Å². The third-order valence-electron chi connectivity index (χ3n) is 2.90. The van der Waals surface area contributed by atoms with E-state index in [1.807, 2.05) is 29.9 Å². The van der Waals surface area contributed by atoms with E-state index in [-0.39, 0.29) is 6.04 Å². The number of imidazole rings is 1. The molecule has 0 amide bonds. The largest absolute Gasteiger partial charge is 0.469 e. The second-order valence-electron chi connectivity index (χ2n) is 4.14. The Morgan fingerprint density at radius 1 is 1.59 bits per heavy atom. The van der Waals surface area contributed by atoms with Crippen molar-refractivity contribution in [1.82, 2.24) is 15.0 Å². The highest BCUT2D eigenvalue weighted by molar-refractivity contribution is 5.00. The minimum Gasteiger partial charge on any atom is -0.469 e. The first kappa shape index (κ1) is 11.9. The molecular formula is C12H18N4O. The molecule has 0 aromatic carbocycles. The molecule has 0 radical (unpaired) electrons. The van der Waals surface area contributed by atoms with Gasteiger partial charge in [-0.1, -0.05) is 0 Å². The van der Waals surface area contributed by atoms with Crippen molar-refractivity contribution < 1.29 is 4.42 Å². The van der Waals surface area contributed by atoms with Crippen LogP contribution in [-0.4, -0.2) is 15.6 Å². The molecular weight excluding hydrogens is 216 g/mol. The van der Waals surface area contributed by atoms with Crippen LogP contribution in [0.25, 0.3) is 0 Å². The van der Waals surface area contributed by atoms with Gasteiger partial charge in [0.15, 0.2) is 0 Å². The molecule has 5 nitrogen and oxygen atoms in total. The first-order valence-electron chi connectivity index (χ1n) is 5.74. The fraction of sp³-hybridized carbons (Fsp3) is 0.417. The van der Waals surface area contributed by atoms with E-state index in [1.54, 1.807) is 12.5 Å². The standard InChI is InChI=1S/C12H18N4O/c1-16-7-6-14-12(16)9-10(15-13)4-5-11-3-2-8-17-11/h2-3,6-8,10,15H,4-5,9,13H2,1H3. The zero-order valence-electron chi connectivity index (χ0n) is 9.97. The number of hydrogen-bond donors (Lipinski definition) is 2. The highest BCUT2D eigenvalue weighted by Crippen LogP contribution is 2.08. The van der Waals surface area contributed by atoms with Gasteiger partial charge in [-0.05, 0) is 18.6 Å². The number of rotatable bonds is 6. The minimum absolute atomic E-state index is 0.209. The molecule has 0 spiro atoms. The molecule has 0 bridgehead atoms. The lowest BCUT2D eigenvalue weighted by atomic mass is 10.1. The normalized spacial score (nSPS) is 12.8. The summed E-state index contributed by atoms with van der Waals surface area (Å²) in [6.07, 6.45) is 8.06. The molecule has 0 aliphatic rings. The molecule has 0 aliphatic heterocycles. The van der Waals surface area contributed by atoms with Gasteiger partial charge in [0.1, 0.15) is 11.6 Å². The van der Waals surface area contributed by atoms with E-state index in [0.29, 0.717) is 0 Å². The summed E-state index contributed by atoms with van der Waals surface area (Å²) in [4.78, 5) is 4.29. The van der Waals surface area contributed by atoms with Crippen molar-refractivity contribution in [3.8, 4) is 0 Å². The SMILES string of the molecule is Cn1ccnc1CC(CCc1ccco1)NN. The maximum absolute atomic E-state index is 5.56. The van der Waals surface area contributed by atoms with Crippen LogP contribution < -0.4 is 11.3 Å². The average molecular weight is 234 g/mol. The monoisotopic (exact) mass is 234 g/mol. The molecule has 5 heteroatoms. The maximum Gasteiger partial charge on any atom is 0.109 e. The van der Waals surface area contributed by atoms with Crippen molar-refractivity contribution in [3.63, 3.8) is 0 Å². The second-order valence-corrected chi connectivity index (χ2v) is 4.14. The molecule has 0 saturated carbocycles. The van der Waals surface area contributed by atoms with Gasteiger partial charge in [0.05, 0.1) is 6.26 Å². The predicted octanol–water partition coefficient (Wildman–Crippen LogP) is 1.02. The first-order chi connectivity index (χ1) is 8.29. The summed E-state index contributed by atoms with van der Waals surface area (Å²) in [5.74, 6) is 7.59. The number of nitrogens with one attached hydrogen (secondary N) is 1. The lowest BCUT2D eigenvalue weighted by Gasteiger charge is -2.14. The van der Waals surface area contributed by atoms with Crippen LogP contribution in [0.5, 0.6) is 0 Å². The molecule has 17 heavy (non-hydrogen) atoms. The van der Waals surface area contributed by atoms with Crippen LogP contribution in [0.15, 0.2) is 35.2 Å². The Labute approximate surface area is 101 Å². The molecule has 2 aromatic rings. The fourth-order valence-electron chi connectivity index (χ4n) is 1.83. The molecule has 0 fully saturated rings. The van der Waals surface area contributed by atoms with Crippen molar-refractivity contribution in [2.75, 3.05) is 0 Å². The van der Waals surface area contributed by atoms with Crippen LogP contribution >= 0.6 is 0 Å². The predicted molar refractivity (Wildman–Crippen MR) is 65.1 cm³/mol. The molecule has 2 aromatic heterocycles. The van der Waals surface area contributed by atoms with Crippen LogP contribution in [0.1, 0.15) is 18.0 Å². The molecule has 0 saturated heterocycles. The molecule has 2 rings (SSSR count). The van der Waals surface area contributed by atoms with E-state index in [2.05, 4.69) is 10.4 Å². The molecule has 1 unspecified atom stereocenters. The summed E-state index contributed by atoms with van der Waals surface area (Å²) in [5, 5.41) is 0. The topological polar surface area (TPSA) is 69.0 Å². The van der Waals surface area contributed by atoms with Crippen molar-refractivity contribution in [2.45, 2.75) is 25.3 Å². The summed E-state index contributed by atoms with van der Waals surface area (Å²) in [5.41, 5.74) is 2.83. The summed E-state index contributed by atoms with van der Waals surface area (Å²) < 4.78 is 7.31. The van der Waals surface area contributed by atoms with Gasteiger partial charge in [-0.25, -0.2) is 4.98 Å². The minimum atomic E-state index is 0.209. The van der Waals surface area contributed by atoms with Gasteiger partial charge in [-0.2, -0.15) is 0 Å². The summed E-state index contributed by atoms with van der Waals surface area (Å²) in [6, 6.07) is 4.09. The third-order valence-corrected chi connectivity index (χ3v) is 2.90. The highest BCUT2D eigenvalue weighted by atomic mass is 16.3. The number of furan rings is 1. The number of aromatic nitrogens is 2. The Hall–Kier alpha value is -1.59.